The molecule has 0 amide bonds. The molecule has 0 radical (unpaired) electrons. The minimum Gasteiger partial charge on any atom is -0.489 e. The van der Waals surface area contributed by atoms with Gasteiger partial charge in [0.15, 0.2) is 15.8 Å². The quantitative estimate of drug-likeness (QED) is 0.386. The minimum atomic E-state index is -3.06. The SMILES string of the molecule is CCC(CNC(=NC)N1CCS(=O)(=O)C(C)(C)C1)Oc1ccccc1.I. The van der Waals surface area contributed by atoms with Crippen LogP contribution < -0.4 is 10.1 Å². The summed E-state index contributed by atoms with van der Waals surface area (Å²) in [5.41, 5.74) is 0. The van der Waals surface area contributed by atoms with Gasteiger partial charge in [-0.3, -0.25) is 4.99 Å². The molecule has 148 valence electrons. The van der Waals surface area contributed by atoms with Gasteiger partial charge in [0.1, 0.15) is 11.9 Å². The number of nitrogens with one attached hydrogen (secondary N) is 1. The molecule has 1 aliphatic heterocycles. The highest BCUT2D eigenvalue weighted by Gasteiger charge is 2.41. The van der Waals surface area contributed by atoms with Crippen molar-refractivity contribution in [3.63, 3.8) is 0 Å². The highest BCUT2D eigenvalue weighted by Crippen LogP contribution is 2.23. The van der Waals surface area contributed by atoms with Crippen LogP contribution in [0.15, 0.2) is 35.3 Å². The first-order valence-electron chi connectivity index (χ1n) is 8.68. The van der Waals surface area contributed by atoms with Gasteiger partial charge in [0.25, 0.3) is 0 Å². The van der Waals surface area contributed by atoms with E-state index < -0.39 is 14.6 Å². The van der Waals surface area contributed by atoms with Crippen LogP contribution in [0.3, 0.4) is 0 Å². The van der Waals surface area contributed by atoms with E-state index >= 15 is 0 Å². The molecule has 1 saturated heterocycles. The Morgan fingerprint density at radius 3 is 2.54 bits per heavy atom. The van der Waals surface area contributed by atoms with E-state index in [1.807, 2.05) is 35.2 Å². The summed E-state index contributed by atoms with van der Waals surface area (Å²) in [4.78, 5) is 6.33. The highest BCUT2D eigenvalue weighted by atomic mass is 127. The first-order valence-corrected chi connectivity index (χ1v) is 10.3. The standard InChI is InChI=1S/C18H29N3O3S.HI/c1-5-15(24-16-9-7-6-8-10-16)13-20-17(19-4)21-11-12-25(22,23)18(2,3)14-21;/h6-10,15H,5,11-14H2,1-4H3,(H,19,20);1H. The number of sulfone groups is 1. The largest absolute Gasteiger partial charge is 0.489 e. The second-order valence-corrected chi connectivity index (χ2v) is 9.63. The van der Waals surface area contributed by atoms with Crippen molar-refractivity contribution >= 4 is 39.8 Å². The van der Waals surface area contributed by atoms with Gasteiger partial charge in [0, 0.05) is 20.1 Å². The zero-order valence-corrected chi connectivity index (χ0v) is 19.1. The Bertz CT molecular complexity index is 693. The van der Waals surface area contributed by atoms with E-state index in [-0.39, 0.29) is 35.8 Å². The first-order chi connectivity index (χ1) is 11.8. The molecule has 2 rings (SSSR count). The lowest BCUT2D eigenvalue weighted by molar-refractivity contribution is 0.197. The fraction of sp³-hybridized carbons (Fsp3) is 0.611. The van der Waals surface area contributed by atoms with E-state index in [1.54, 1.807) is 20.9 Å². The highest BCUT2D eigenvalue weighted by molar-refractivity contribution is 14.0. The zero-order valence-electron chi connectivity index (χ0n) is 15.9. The summed E-state index contributed by atoms with van der Waals surface area (Å²) < 4.78 is 29.6. The normalized spacial score (nSPS) is 20.0. The van der Waals surface area contributed by atoms with Gasteiger partial charge >= 0.3 is 0 Å². The van der Waals surface area contributed by atoms with Crippen molar-refractivity contribution in [2.45, 2.75) is 38.0 Å². The molecule has 1 atom stereocenters. The number of rotatable bonds is 5. The molecule has 1 aromatic rings. The molecule has 0 aliphatic carbocycles. The Morgan fingerprint density at radius 2 is 2.00 bits per heavy atom. The van der Waals surface area contributed by atoms with Gasteiger partial charge in [-0.1, -0.05) is 25.1 Å². The summed E-state index contributed by atoms with van der Waals surface area (Å²) in [5, 5.41) is 3.33. The lowest BCUT2D eigenvalue weighted by Gasteiger charge is -2.39. The molecule has 26 heavy (non-hydrogen) atoms. The number of para-hydroxylation sites is 1. The molecule has 1 aliphatic rings. The van der Waals surface area contributed by atoms with E-state index in [0.717, 1.165) is 18.1 Å². The maximum Gasteiger partial charge on any atom is 0.193 e. The Labute approximate surface area is 174 Å². The third-order valence-corrected chi connectivity index (χ3v) is 7.08. The van der Waals surface area contributed by atoms with Crippen LogP contribution in [0, 0.1) is 0 Å². The van der Waals surface area contributed by atoms with Gasteiger partial charge in [-0.15, -0.1) is 24.0 Å². The molecule has 6 nitrogen and oxygen atoms in total. The van der Waals surface area contributed by atoms with Crippen molar-refractivity contribution in [2.75, 3.05) is 32.4 Å². The third kappa shape index (κ3) is 5.73. The van der Waals surface area contributed by atoms with Gasteiger partial charge in [-0.25, -0.2) is 8.42 Å². The van der Waals surface area contributed by atoms with Crippen LogP contribution in [0.2, 0.25) is 0 Å². The maximum absolute atomic E-state index is 12.2. The number of halogens is 1. The molecule has 1 unspecified atom stereocenters. The fourth-order valence-electron chi connectivity index (χ4n) is 2.82. The van der Waals surface area contributed by atoms with E-state index in [4.69, 9.17) is 4.74 Å². The molecule has 0 bridgehead atoms. The summed E-state index contributed by atoms with van der Waals surface area (Å²) in [7, 11) is -1.34. The van der Waals surface area contributed by atoms with E-state index in [2.05, 4.69) is 17.2 Å². The molecule has 1 aromatic carbocycles. The van der Waals surface area contributed by atoms with Gasteiger partial charge in [0.05, 0.1) is 17.0 Å². The molecule has 0 aromatic heterocycles. The molecule has 1 heterocycles. The van der Waals surface area contributed by atoms with Crippen molar-refractivity contribution in [1.29, 1.82) is 0 Å². The third-order valence-electron chi connectivity index (χ3n) is 4.54. The first kappa shape index (κ1) is 23.0. The summed E-state index contributed by atoms with van der Waals surface area (Å²) in [5.74, 6) is 1.72. The van der Waals surface area contributed by atoms with Gasteiger partial charge < -0.3 is 15.0 Å². The van der Waals surface area contributed by atoms with E-state index in [9.17, 15) is 8.42 Å². The number of hydrogen-bond acceptors (Lipinski definition) is 4. The maximum atomic E-state index is 12.2. The lowest BCUT2D eigenvalue weighted by atomic mass is 10.2. The van der Waals surface area contributed by atoms with Crippen LogP contribution in [0.4, 0.5) is 0 Å². The smallest absolute Gasteiger partial charge is 0.193 e. The van der Waals surface area contributed by atoms with Crippen molar-refractivity contribution in [3.8, 4) is 5.75 Å². The summed E-state index contributed by atoms with van der Waals surface area (Å²) in [6.07, 6.45) is 0.874. The Balaban J connectivity index is 0.00000338. The van der Waals surface area contributed by atoms with E-state index in [0.29, 0.717) is 19.6 Å². The monoisotopic (exact) mass is 495 g/mol. The van der Waals surface area contributed by atoms with Crippen molar-refractivity contribution in [2.24, 2.45) is 4.99 Å². The van der Waals surface area contributed by atoms with Crippen LogP contribution in [0.25, 0.3) is 0 Å². The van der Waals surface area contributed by atoms with Gasteiger partial charge in [-0.05, 0) is 32.4 Å². The Kier molecular flexibility index (Phi) is 8.65. The lowest BCUT2D eigenvalue weighted by Crippen LogP contribution is -2.57. The minimum absolute atomic E-state index is 0. The van der Waals surface area contributed by atoms with Crippen molar-refractivity contribution in [3.05, 3.63) is 30.3 Å². The molecule has 1 N–H and O–H groups in total. The van der Waals surface area contributed by atoms with Crippen molar-refractivity contribution < 1.29 is 13.2 Å². The number of guanidine groups is 1. The summed E-state index contributed by atoms with van der Waals surface area (Å²) in [6, 6.07) is 9.74. The van der Waals surface area contributed by atoms with Crippen LogP contribution in [-0.2, 0) is 9.84 Å². The fourth-order valence-corrected chi connectivity index (χ4v) is 4.19. The predicted molar refractivity (Wildman–Crippen MR) is 117 cm³/mol. The average molecular weight is 495 g/mol. The topological polar surface area (TPSA) is 71.0 Å². The molecule has 8 heteroatoms. The van der Waals surface area contributed by atoms with Gasteiger partial charge in [0.2, 0.25) is 0 Å². The summed E-state index contributed by atoms with van der Waals surface area (Å²) in [6.45, 7) is 7.13. The van der Waals surface area contributed by atoms with Crippen LogP contribution >= 0.6 is 24.0 Å². The number of hydrogen-bond donors (Lipinski definition) is 1. The number of ether oxygens (including phenoxy) is 1. The Hall–Kier alpha value is -1.03. The number of nitrogens with zero attached hydrogens (tertiary/aromatic N) is 2. The van der Waals surface area contributed by atoms with Crippen LogP contribution in [0.5, 0.6) is 5.75 Å². The van der Waals surface area contributed by atoms with Crippen LogP contribution in [-0.4, -0.2) is 62.6 Å². The van der Waals surface area contributed by atoms with Gasteiger partial charge in [-0.2, -0.15) is 0 Å². The molecular weight excluding hydrogens is 465 g/mol. The summed E-state index contributed by atoms with van der Waals surface area (Å²) >= 11 is 0. The molecular formula is C18H30IN3O3S. The van der Waals surface area contributed by atoms with Crippen LogP contribution in [0.1, 0.15) is 27.2 Å². The zero-order chi connectivity index (χ0) is 18.5. The average Bonchev–Trinajstić information content (AvgIpc) is 2.58. The number of benzene rings is 1. The number of aliphatic imine (C=N–C) groups is 1. The predicted octanol–water partition coefficient (Wildman–Crippen LogP) is 2.55. The second-order valence-electron chi connectivity index (χ2n) is 6.89. The molecule has 1 fully saturated rings. The van der Waals surface area contributed by atoms with Crippen molar-refractivity contribution in [1.82, 2.24) is 10.2 Å². The second kappa shape index (κ2) is 9.77. The molecule has 0 spiro atoms. The van der Waals surface area contributed by atoms with E-state index in [1.165, 1.54) is 0 Å². The molecule has 0 saturated carbocycles. The Morgan fingerprint density at radius 1 is 1.35 bits per heavy atom.